The number of ether oxygens (including phenoxy) is 1. The minimum Gasteiger partial charge on any atom is -0.389 e. The summed E-state index contributed by atoms with van der Waals surface area (Å²) in [4.78, 5) is 0. The van der Waals surface area contributed by atoms with E-state index >= 15 is 0 Å². The Hall–Kier alpha value is 0.270. The van der Waals surface area contributed by atoms with Crippen molar-refractivity contribution < 1.29 is 9.84 Å². The smallest absolute Gasteiger partial charge is 0.0784 e. The van der Waals surface area contributed by atoms with Gasteiger partial charge in [0.05, 0.1) is 11.2 Å². The maximum Gasteiger partial charge on any atom is 0.0784 e. The van der Waals surface area contributed by atoms with E-state index in [4.69, 9.17) is 4.74 Å². The summed E-state index contributed by atoms with van der Waals surface area (Å²) in [7, 11) is 0. The molecule has 0 amide bonds. The van der Waals surface area contributed by atoms with Crippen LogP contribution in [0, 0.1) is 29.6 Å². The van der Waals surface area contributed by atoms with E-state index in [0.717, 1.165) is 43.6 Å². The Morgan fingerprint density at radius 2 is 2.00 bits per heavy atom. The molecule has 3 saturated carbocycles. The van der Waals surface area contributed by atoms with Gasteiger partial charge in [0.2, 0.25) is 0 Å². The van der Waals surface area contributed by atoms with Crippen LogP contribution in [-0.4, -0.2) is 34.4 Å². The van der Waals surface area contributed by atoms with Crippen molar-refractivity contribution in [3.05, 3.63) is 0 Å². The lowest BCUT2D eigenvalue weighted by Gasteiger charge is -2.49. The first kappa shape index (κ1) is 13.7. The number of aliphatic hydroxyl groups is 1. The normalized spacial score (nSPS) is 59.0. The highest BCUT2D eigenvalue weighted by Gasteiger charge is 2.63. The van der Waals surface area contributed by atoms with Gasteiger partial charge in [-0.1, -0.05) is 6.42 Å². The van der Waals surface area contributed by atoms with Crippen LogP contribution in [0.15, 0.2) is 0 Å². The van der Waals surface area contributed by atoms with Crippen molar-refractivity contribution in [2.45, 2.75) is 62.6 Å². The fourth-order valence-corrected chi connectivity index (χ4v) is 8.32. The lowest BCUT2D eigenvalue weighted by molar-refractivity contribution is -0.159. The molecule has 5 aliphatic rings. The molecule has 2 bridgehead atoms. The Balaban J connectivity index is 1.40. The molecule has 2 saturated heterocycles. The van der Waals surface area contributed by atoms with Gasteiger partial charge in [-0.3, -0.25) is 0 Å². The van der Waals surface area contributed by atoms with E-state index in [1.807, 2.05) is 11.8 Å². The molecule has 0 aromatic heterocycles. The van der Waals surface area contributed by atoms with E-state index in [1.54, 1.807) is 0 Å². The highest BCUT2D eigenvalue weighted by Crippen LogP contribution is 2.65. The summed E-state index contributed by atoms with van der Waals surface area (Å²) in [6, 6.07) is 0. The van der Waals surface area contributed by atoms with E-state index in [-0.39, 0.29) is 11.2 Å². The molecule has 21 heavy (non-hydrogen) atoms. The van der Waals surface area contributed by atoms with Crippen LogP contribution < -0.4 is 0 Å². The fraction of sp³-hybridized carbons (Fsp3) is 1.00. The van der Waals surface area contributed by atoms with Gasteiger partial charge in [-0.05, 0) is 80.3 Å². The second-order valence-corrected chi connectivity index (χ2v) is 9.69. The van der Waals surface area contributed by atoms with Gasteiger partial charge in [-0.15, -0.1) is 0 Å². The Bertz CT molecular complexity index is 433. The van der Waals surface area contributed by atoms with E-state index in [9.17, 15) is 5.11 Å². The molecular formula is C18H28O2S. The largest absolute Gasteiger partial charge is 0.389 e. The predicted molar refractivity (Wildman–Crippen MR) is 85.3 cm³/mol. The molecule has 3 heteroatoms. The number of hydrogen-bond acceptors (Lipinski definition) is 3. The highest BCUT2D eigenvalue weighted by atomic mass is 32.2. The van der Waals surface area contributed by atoms with Crippen LogP contribution in [-0.2, 0) is 4.74 Å². The molecule has 5 rings (SSSR count). The molecule has 7 atom stereocenters. The third-order valence-electron chi connectivity index (χ3n) is 7.80. The van der Waals surface area contributed by atoms with E-state index in [0.29, 0.717) is 11.8 Å². The van der Waals surface area contributed by atoms with Gasteiger partial charge in [-0.2, -0.15) is 11.8 Å². The number of fused-ring (bicyclic) bond motifs is 5. The SMILES string of the molecule is OC1(C2CCOC3(CCSC3)C2)CC2CC1C1CCCC21. The van der Waals surface area contributed by atoms with Crippen molar-refractivity contribution in [1.29, 1.82) is 0 Å². The molecule has 118 valence electrons. The van der Waals surface area contributed by atoms with Gasteiger partial charge >= 0.3 is 0 Å². The van der Waals surface area contributed by atoms with Gasteiger partial charge in [0, 0.05) is 12.4 Å². The molecule has 2 nitrogen and oxygen atoms in total. The zero-order chi connectivity index (χ0) is 14.1. The van der Waals surface area contributed by atoms with E-state index in [2.05, 4.69) is 0 Å². The third kappa shape index (κ3) is 1.86. The third-order valence-corrected chi connectivity index (χ3v) is 9.03. The molecule has 2 heterocycles. The second kappa shape index (κ2) is 4.64. The molecule has 2 aliphatic heterocycles. The van der Waals surface area contributed by atoms with Gasteiger partial charge in [0.15, 0.2) is 0 Å². The summed E-state index contributed by atoms with van der Waals surface area (Å²) in [5, 5.41) is 11.6. The Kier molecular flexibility index (Phi) is 3.02. The van der Waals surface area contributed by atoms with Crippen molar-refractivity contribution >= 4 is 11.8 Å². The summed E-state index contributed by atoms with van der Waals surface area (Å²) in [5.41, 5.74) is -0.208. The lowest BCUT2D eigenvalue weighted by atomic mass is 9.64. The Morgan fingerprint density at radius 1 is 1.10 bits per heavy atom. The molecule has 0 aromatic carbocycles. The van der Waals surface area contributed by atoms with Crippen LogP contribution in [0.3, 0.4) is 0 Å². The molecule has 7 unspecified atom stereocenters. The molecule has 1 N–H and O–H groups in total. The van der Waals surface area contributed by atoms with Crippen LogP contribution in [0.4, 0.5) is 0 Å². The molecule has 0 radical (unpaired) electrons. The van der Waals surface area contributed by atoms with Crippen LogP contribution in [0.5, 0.6) is 0 Å². The minimum atomic E-state index is -0.333. The topological polar surface area (TPSA) is 29.5 Å². The van der Waals surface area contributed by atoms with Crippen LogP contribution in [0.1, 0.15) is 51.4 Å². The van der Waals surface area contributed by atoms with Gasteiger partial charge < -0.3 is 9.84 Å². The number of thioether (sulfide) groups is 1. The first-order valence-corrected chi connectivity index (χ1v) is 10.3. The summed E-state index contributed by atoms with van der Waals surface area (Å²) in [6.45, 7) is 0.888. The molecule has 3 aliphatic carbocycles. The Morgan fingerprint density at radius 3 is 2.86 bits per heavy atom. The lowest BCUT2D eigenvalue weighted by Crippen LogP contribution is -2.53. The fourth-order valence-electron chi connectivity index (χ4n) is 6.95. The van der Waals surface area contributed by atoms with Crippen molar-refractivity contribution in [3.8, 4) is 0 Å². The Labute approximate surface area is 132 Å². The first-order valence-electron chi connectivity index (χ1n) is 9.14. The van der Waals surface area contributed by atoms with Crippen LogP contribution in [0.2, 0.25) is 0 Å². The average molecular weight is 308 g/mol. The van der Waals surface area contributed by atoms with E-state index in [1.165, 1.54) is 43.6 Å². The predicted octanol–water partition coefficient (Wildman–Crippen LogP) is 3.48. The molecule has 1 spiro atoms. The number of rotatable bonds is 1. The van der Waals surface area contributed by atoms with Gasteiger partial charge in [-0.25, -0.2) is 0 Å². The summed E-state index contributed by atoms with van der Waals surface area (Å²) >= 11 is 2.05. The van der Waals surface area contributed by atoms with Crippen molar-refractivity contribution in [1.82, 2.24) is 0 Å². The summed E-state index contributed by atoms with van der Waals surface area (Å²) < 4.78 is 6.20. The van der Waals surface area contributed by atoms with E-state index < -0.39 is 0 Å². The van der Waals surface area contributed by atoms with Crippen LogP contribution >= 0.6 is 11.8 Å². The van der Waals surface area contributed by atoms with Gasteiger partial charge in [0.25, 0.3) is 0 Å². The molecule has 5 fully saturated rings. The van der Waals surface area contributed by atoms with Crippen molar-refractivity contribution in [2.75, 3.05) is 18.1 Å². The summed E-state index contributed by atoms with van der Waals surface area (Å²) in [6.07, 6.45) is 10.2. The monoisotopic (exact) mass is 308 g/mol. The highest BCUT2D eigenvalue weighted by molar-refractivity contribution is 7.99. The average Bonchev–Trinajstić information content (AvgIpc) is 3.20. The zero-order valence-corrected chi connectivity index (χ0v) is 13.7. The molecule has 0 aromatic rings. The standard InChI is InChI=1S/C18H28O2S/c19-18(9-12-8-16(18)15-3-1-2-14(12)15)13-4-6-20-17(10-13)5-7-21-11-17/h12-16,19H,1-11H2. The van der Waals surface area contributed by atoms with Crippen LogP contribution in [0.25, 0.3) is 0 Å². The quantitative estimate of drug-likeness (QED) is 0.804. The summed E-state index contributed by atoms with van der Waals surface area (Å²) in [5.74, 6) is 6.26. The van der Waals surface area contributed by atoms with Gasteiger partial charge in [0.1, 0.15) is 0 Å². The minimum absolute atomic E-state index is 0.125. The first-order chi connectivity index (χ1) is 10.2. The maximum atomic E-state index is 11.6. The maximum absolute atomic E-state index is 11.6. The second-order valence-electron chi connectivity index (χ2n) is 8.58. The van der Waals surface area contributed by atoms with Crippen molar-refractivity contribution in [2.24, 2.45) is 29.6 Å². The number of hydrogen-bond donors (Lipinski definition) is 1. The zero-order valence-electron chi connectivity index (χ0n) is 12.9. The van der Waals surface area contributed by atoms with Crippen molar-refractivity contribution in [3.63, 3.8) is 0 Å². The molecular weight excluding hydrogens is 280 g/mol.